The summed E-state index contributed by atoms with van der Waals surface area (Å²) in [6.45, 7) is -0.590. The topological polar surface area (TPSA) is 100 Å². The maximum absolute atomic E-state index is 12.8. The van der Waals surface area contributed by atoms with Gasteiger partial charge in [-0.25, -0.2) is 14.6 Å². The number of hydrazone groups is 1. The minimum atomic E-state index is -1.22. The number of alkyl carbamates (subject to hydrolysis) is 1. The van der Waals surface area contributed by atoms with Crippen molar-refractivity contribution in [3.05, 3.63) is 71.5 Å². The third-order valence-corrected chi connectivity index (χ3v) is 3.26. The number of nitrogens with zero attached hydrogens (tertiary/aromatic N) is 1. The molecule has 0 unspecified atom stereocenters. The minimum absolute atomic E-state index is 0.0369. The van der Waals surface area contributed by atoms with Gasteiger partial charge in [-0.05, 0) is 23.3 Å². The summed E-state index contributed by atoms with van der Waals surface area (Å²) in [5.41, 5.74) is 3.54. The molecule has 0 fully saturated rings. The third-order valence-electron chi connectivity index (χ3n) is 3.26. The van der Waals surface area contributed by atoms with Crippen molar-refractivity contribution in [1.82, 2.24) is 10.7 Å². The van der Waals surface area contributed by atoms with Crippen molar-refractivity contribution < 1.29 is 23.8 Å². The van der Waals surface area contributed by atoms with E-state index in [4.69, 9.17) is 4.74 Å². The molecule has 0 aliphatic carbocycles. The van der Waals surface area contributed by atoms with Crippen molar-refractivity contribution in [2.24, 2.45) is 5.10 Å². The third kappa shape index (κ3) is 6.33. The maximum atomic E-state index is 12.8. The molecular weight excluding hydrogens is 341 g/mol. The summed E-state index contributed by atoms with van der Waals surface area (Å²) in [5, 5.41) is 15.2. The molecule has 0 spiro atoms. The van der Waals surface area contributed by atoms with Gasteiger partial charge in [0.25, 0.3) is 5.91 Å². The van der Waals surface area contributed by atoms with Crippen LogP contribution < -0.4 is 10.7 Å². The molecular formula is C18H18FN3O4. The average Bonchev–Trinajstić information content (AvgIpc) is 2.66. The molecule has 0 aliphatic heterocycles. The van der Waals surface area contributed by atoms with Gasteiger partial charge < -0.3 is 15.2 Å². The van der Waals surface area contributed by atoms with E-state index in [9.17, 15) is 19.1 Å². The molecule has 0 aliphatic rings. The normalized spacial score (nSPS) is 11.8. The number of halogens is 1. The van der Waals surface area contributed by atoms with Crippen LogP contribution in [0.4, 0.5) is 9.18 Å². The first kappa shape index (κ1) is 19.1. The Morgan fingerprint density at radius 1 is 1.15 bits per heavy atom. The molecule has 7 nitrogen and oxygen atoms in total. The van der Waals surface area contributed by atoms with E-state index in [0.29, 0.717) is 5.56 Å². The van der Waals surface area contributed by atoms with Crippen LogP contribution >= 0.6 is 0 Å². The van der Waals surface area contributed by atoms with Crippen LogP contribution in [0.3, 0.4) is 0 Å². The Bertz CT molecular complexity index is 751. The van der Waals surface area contributed by atoms with Gasteiger partial charge in [-0.1, -0.05) is 42.5 Å². The van der Waals surface area contributed by atoms with Crippen molar-refractivity contribution in [3.8, 4) is 0 Å². The molecule has 136 valence electrons. The molecule has 8 heteroatoms. The highest BCUT2D eigenvalue weighted by Crippen LogP contribution is 2.01. The fourth-order valence-electron chi connectivity index (χ4n) is 1.90. The molecule has 0 aromatic heterocycles. The van der Waals surface area contributed by atoms with E-state index in [1.165, 1.54) is 30.5 Å². The quantitative estimate of drug-likeness (QED) is 0.516. The second kappa shape index (κ2) is 9.90. The smallest absolute Gasteiger partial charge is 0.408 e. The van der Waals surface area contributed by atoms with Crippen LogP contribution in [-0.4, -0.2) is 36.0 Å². The lowest BCUT2D eigenvalue weighted by atomic mass is 10.2. The summed E-state index contributed by atoms with van der Waals surface area (Å²) in [7, 11) is 0. The van der Waals surface area contributed by atoms with E-state index >= 15 is 0 Å². The summed E-state index contributed by atoms with van der Waals surface area (Å²) in [4.78, 5) is 23.6. The number of carbonyl (C=O) groups excluding carboxylic acids is 2. The van der Waals surface area contributed by atoms with Gasteiger partial charge in [-0.2, -0.15) is 5.10 Å². The molecule has 1 atom stereocenters. The number of hydrogen-bond donors (Lipinski definition) is 3. The zero-order valence-corrected chi connectivity index (χ0v) is 13.8. The second-order valence-electron chi connectivity index (χ2n) is 5.23. The van der Waals surface area contributed by atoms with Gasteiger partial charge in [-0.15, -0.1) is 0 Å². The SMILES string of the molecule is O=C(N[C@H](CO)C(=O)N/N=C\c1ccc(F)cc1)OCc1ccccc1. The summed E-state index contributed by atoms with van der Waals surface area (Å²) in [6.07, 6.45) is 0.463. The molecule has 0 saturated heterocycles. The first-order valence-corrected chi connectivity index (χ1v) is 7.75. The predicted molar refractivity (Wildman–Crippen MR) is 92.8 cm³/mol. The van der Waals surface area contributed by atoms with Gasteiger partial charge in [0.1, 0.15) is 18.5 Å². The average molecular weight is 359 g/mol. The molecule has 0 heterocycles. The van der Waals surface area contributed by atoms with Crippen LogP contribution in [0.1, 0.15) is 11.1 Å². The number of aliphatic hydroxyl groups excluding tert-OH is 1. The minimum Gasteiger partial charge on any atom is -0.445 e. The lowest BCUT2D eigenvalue weighted by Crippen LogP contribution is -2.47. The van der Waals surface area contributed by atoms with E-state index in [0.717, 1.165) is 5.56 Å². The molecule has 2 rings (SSSR count). The Labute approximate surface area is 149 Å². The summed E-state index contributed by atoms with van der Waals surface area (Å²) in [6, 6.07) is 13.3. The number of aliphatic hydroxyl groups is 1. The highest BCUT2D eigenvalue weighted by Gasteiger charge is 2.20. The van der Waals surface area contributed by atoms with Crippen LogP contribution in [0.5, 0.6) is 0 Å². The summed E-state index contributed by atoms with van der Waals surface area (Å²) in [5.74, 6) is -1.10. The fourth-order valence-corrected chi connectivity index (χ4v) is 1.90. The van der Waals surface area contributed by atoms with Gasteiger partial charge in [0.05, 0.1) is 12.8 Å². The van der Waals surface area contributed by atoms with Crippen molar-refractivity contribution >= 4 is 18.2 Å². The van der Waals surface area contributed by atoms with Crippen LogP contribution in [-0.2, 0) is 16.1 Å². The lowest BCUT2D eigenvalue weighted by Gasteiger charge is -2.14. The van der Waals surface area contributed by atoms with Crippen molar-refractivity contribution in [1.29, 1.82) is 0 Å². The van der Waals surface area contributed by atoms with Crippen molar-refractivity contribution in [2.75, 3.05) is 6.61 Å². The second-order valence-corrected chi connectivity index (χ2v) is 5.23. The van der Waals surface area contributed by atoms with Crippen LogP contribution in [0, 0.1) is 5.82 Å². The Morgan fingerprint density at radius 3 is 2.50 bits per heavy atom. The van der Waals surface area contributed by atoms with E-state index < -0.39 is 24.6 Å². The Kier molecular flexibility index (Phi) is 7.26. The maximum Gasteiger partial charge on any atom is 0.408 e. The van der Waals surface area contributed by atoms with Gasteiger partial charge in [0.2, 0.25) is 0 Å². The highest BCUT2D eigenvalue weighted by molar-refractivity contribution is 5.87. The van der Waals surface area contributed by atoms with E-state index in [2.05, 4.69) is 15.8 Å². The lowest BCUT2D eigenvalue weighted by molar-refractivity contribution is -0.123. The van der Waals surface area contributed by atoms with Crippen LogP contribution in [0.2, 0.25) is 0 Å². The Morgan fingerprint density at radius 2 is 1.85 bits per heavy atom. The van der Waals surface area contributed by atoms with E-state index in [1.54, 1.807) is 24.3 Å². The van der Waals surface area contributed by atoms with E-state index in [1.807, 2.05) is 6.07 Å². The van der Waals surface area contributed by atoms with Gasteiger partial charge in [0, 0.05) is 0 Å². The number of amides is 2. The number of rotatable bonds is 7. The Hall–Kier alpha value is -3.26. The monoisotopic (exact) mass is 359 g/mol. The molecule has 0 radical (unpaired) electrons. The number of hydrogen-bond acceptors (Lipinski definition) is 5. The molecule has 0 saturated carbocycles. The number of carbonyl (C=O) groups is 2. The molecule has 2 aromatic carbocycles. The number of benzene rings is 2. The van der Waals surface area contributed by atoms with Crippen LogP contribution in [0.15, 0.2) is 59.7 Å². The van der Waals surface area contributed by atoms with Gasteiger partial charge >= 0.3 is 6.09 Å². The molecule has 26 heavy (non-hydrogen) atoms. The first-order chi connectivity index (χ1) is 12.6. The van der Waals surface area contributed by atoms with E-state index in [-0.39, 0.29) is 12.4 Å². The summed E-state index contributed by atoms with van der Waals surface area (Å²) >= 11 is 0. The van der Waals surface area contributed by atoms with Crippen LogP contribution in [0.25, 0.3) is 0 Å². The number of nitrogens with one attached hydrogen (secondary N) is 2. The molecule has 3 N–H and O–H groups in total. The van der Waals surface area contributed by atoms with Gasteiger partial charge in [-0.3, -0.25) is 4.79 Å². The highest BCUT2D eigenvalue weighted by atomic mass is 19.1. The fraction of sp³-hybridized carbons (Fsp3) is 0.167. The first-order valence-electron chi connectivity index (χ1n) is 7.75. The summed E-state index contributed by atoms with van der Waals surface area (Å²) < 4.78 is 17.8. The predicted octanol–water partition coefficient (Wildman–Crippen LogP) is 1.56. The zero-order chi connectivity index (χ0) is 18.8. The zero-order valence-electron chi connectivity index (χ0n) is 13.8. The molecule has 2 aromatic rings. The largest absolute Gasteiger partial charge is 0.445 e. The standard InChI is InChI=1S/C18H18FN3O4/c19-15-8-6-13(7-9-15)10-20-22-17(24)16(11-23)21-18(25)26-12-14-4-2-1-3-5-14/h1-10,16,23H,11-12H2,(H,21,25)(H,22,24)/b20-10-/t16-/m1/s1. The molecule has 0 bridgehead atoms. The molecule has 2 amide bonds. The van der Waals surface area contributed by atoms with Crippen molar-refractivity contribution in [3.63, 3.8) is 0 Å². The van der Waals surface area contributed by atoms with Gasteiger partial charge in [0.15, 0.2) is 0 Å². The number of ether oxygens (including phenoxy) is 1. The Balaban J connectivity index is 1.79. The van der Waals surface area contributed by atoms with Crippen molar-refractivity contribution in [2.45, 2.75) is 12.6 Å².